The molecule has 1 nitrogen and oxygen atoms in total. The van der Waals surface area contributed by atoms with Crippen molar-refractivity contribution in [3.05, 3.63) is 33.4 Å². The van der Waals surface area contributed by atoms with E-state index in [0.29, 0.717) is 6.42 Å². The zero-order valence-corrected chi connectivity index (χ0v) is 12.5. The molecular formula is C14H16F3IO. The van der Waals surface area contributed by atoms with E-state index in [1.165, 1.54) is 0 Å². The van der Waals surface area contributed by atoms with Gasteiger partial charge >= 0.3 is 6.18 Å². The van der Waals surface area contributed by atoms with Crippen LogP contribution in [0.2, 0.25) is 0 Å². The van der Waals surface area contributed by atoms with Gasteiger partial charge in [0, 0.05) is 9.99 Å². The summed E-state index contributed by atoms with van der Waals surface area (Å²) in [5, 5.41) is 10.4. The number of rotatable bonds is 2. The molecule has 0 bridgehead atoms. The Labute approximate surface area is 124 Å². The molecule has 0 atom stereocenters. The summed E-state index contributed by atoms with van der Waals surface area (Å²) >= 11 is 2.19. The van der Waals surface area contributed by atoms with Gasteiger partial charge in [0.2, 0.25) is 0 Å². The van der Waals surface area contributed by atoms with Crippen LogP contribution in [0.15, 0.2) is 24.3 Å². The van der Waals surface area contributed by atoms with Crippen molar-refractivity contribution in [1.82, 2.24) is 0 Å². The van der Waals surface area contributed by atoms with Gasteiger partial charge in [-0.25, -0.2) is 0 Å². The lowest BCUT2D eigenvalue weighted by Crippen LogP contribution is -2.39. The zero-order valence-electron chi connectivity index (χ0n) is 10.4. The molecule has 0 saturated heterocycles. The molecule has 5 heteroatoms. The van der Waals surface area contributed by atoms with Gasteiger partial charge in [0.15, 0.2) is 0 Å². The van der Waals surface area contributed by atoms with Crippen molar-refractivity contribution >= 4 is 22.6 Å². The standard InChI is InChI=1S/C14H16F3IO/c15-14(16,17)11-5-7-13(19,8-6-11)9-10-1-3-12(18)4-2-10/h1-4,11,19H,5-9H2. The Bertz CT molecular complexity index is 419. The van der Waals surface area contributed by atoms with Crippen LogP contribution in [0.4, 0.5) is 13.2 Å². The van der Waals surface area contributed by atoms with Crippen LogP contribution < -0.4 is 0 Å². The van der Waals surface area contributed by atoms with E-state index in [9.17, 15) is 18.3 Å². The van der Waals surface area contributed by atoms with Crippen LogP contribution in [0.1, 0.15) is 31.2 Å². The third kappa shape index (κ3) is 4.08. The molecule has 1 aliphatic carbocycles. The van der Waals surface area contributed by atoms with Gasteiger partial charge in [-0.1, -0.05) is 12.1 Å². The maximum Gasteiger partial charge on any atom is 0.391 e. The Hall–Kier alpha value is -0.300. The third-order valence-corrected chi connectivity index (χ3v) is 4.54. The molecule has 0 spiro atoms. The van der Waals surface area contributed by atoms with Crippen LogP contribution in [-0.4, -0.2) is 16.9 Å². The van der Waals surface area contributed by atoms with Crippen LogP contribution in [0, 0.1) is 9.49 Å². The predicted octanol–water partition coefficient (Wildman–Crippen LogP) is 4.32. The Morgan fingerprint density at radius 1 is 1.16 bits per heavy atom. The second kappa shape index (κ2) is 5.60. The SMILES string of the molecule is OC1(Cc2ccc(I)cc2)CCC(C(F)(F)F)CC1. The maximum atomic E-state index is 12.6. The summed E-state index contributed by atoms with van der Waals surface area (Å²) in [5.74, 6) is -1.25. The molecule has 0 heterocycles. The lowest BCUT2D eigenvalue weighted by molar-refractivity contribution is -0.192. The topological polar surface area (TPSA) is 20.2 Å². The average molecular weight is 384 g/mol. The van der Waals surface area contributed by atoms with Crippen molar-refractivity contribution in [1.29, 1.82) is 0 Å². The number of hydrogen-bond donors (Lipinski definition) is 1. The van der Waals surface area contributed by atoms with E-state index in [1.807, 2.05) is 24.3 Å². The van der Waals surface area contributed by atoms with Gasteiger partial charge in [0.1, 0.15) is 0 Å². The van der Waals surface area contributed by atoms with E-state index in [4.69, 9.17) is 0 Å². The summed E-state index contributed by atoms with van der Waals surface area (Å²) in [6, 6.07) is 7.74. The van der Waals surface area contributed by atoms with Gasteiger partial charge in [-0.05, 0) is 66.0 Å². The van der Waals surface area contributed by atoms with Gasteiger partial charge in [0.25, 0.3) is 0 Å². The molecule has 1 N–H and O–H groups in total. The molecule has 1 fully saturated rings. The fourth-order valence-corrected chi connectivity index (χ4v) is 3.00. The van der Waals surface area contributed by atoms with E-state index in [1.54, 1.807) is 0 Å². The normalized spacial score (nSPS) is 28.4. The summed E-state index contributed by atoms with van der Waals surface area (Å²) < 4.78 is 38.9. The van der Waals surface area contributed by atoms with Crippen LogP contribution in [0.5, 0.6) is 0 Å². The Morgan fingerprint density at radius 3 is 2.16 bits per heavy atom. The predicted molar refractivity (Wildman–Crippen MR) is 75.8 cm³/mol. The van der Waals surface area contributed by atoms with Gasteiger partial charge < -0.3 is 5.11 Å². The molecular weight excluding hydrogens is 368 g/mol. The molecule has 0 aromatic heterocycles. The van der Waals surface area contributed by atoms with Crippen LogP contribution >= 0.6 is 22.6 Å². The number of benzene rings is 1. The molecule has 2 rings (SSSR count). The summed E-state index contributed by atoms with van der Waals surface area (Å²) in [6.07, 6.45) is -3.17. The van der Waals surface area contributed by atoms with E-state index >= 15 is 0 Å². The van der Waals surface area contributed by atoms with E-state index in [2.05, 4.69) is 22.6 Å². The first-order valence-corrected chi connectivity index (χ1v) is 7.40. The minimum atomic E-state index is -4.12. The van der Waals surface area contributed by atoms with Crippen LogP contribution in [-0.2, 0) is 6.42 Å². The van der Waals surface area contributed by atoms with E-state index < -0.39 is 17.7 Å². The van der Waals surface area contributed by atoms with Crippen molar-refractivity contribution < 1.29 is 18.3 Å². The molecule has 1 aliphatic rings. The van der Waals surface area contributed by atoms with Crippen molar-refractivity contribution in [3.8, 4) is 0 Å². The highest BCUT2D eigenvalue weighted by molar-refractivity contribution is 14.1. The number of halogens is 4. The molecule has 1 aromatic carbocycles. The largest absolute Gasteiger partial charge is 0.391 e. The van der Waals surface area contributed by atoms with E-state index in [-0.39, 0.29) is 25.7 Å². The second-order valence-corrected chi connectivity index (χ2v) is 6.59. The van der Waals surface area contributed by atoms with Gasteiger partial charge in [-0.2, -0.15) is 13.2 Å². The van der Waals surface area contributed by atoms with Gasteiger partial charge in [0.05, 0.1) is 11.5 Å². The minimum absolute atomic E-state index is 0.0321. The highest BCUT2D eigenvalue weighted by Gasteiger charge is 2.45. The number of alkyl halides is 3. The first kappa shape index (κ1) is 15.1. The number of hydrogen-bond acceptors (Lipinski definition) is 1. The Balaban J connectivity index is 1.96. The monoisotopic (exact) mass is 384 g/mol. The highest BCUT2D eigenvalue weighted by Crippen LogP contribution is 2.42. The Morgan fingerprint density at radius 2 is 1.68 bits per heavy atom. The van der Waals surface area contributed by atoms with Crippen LogP contribution in [0.3, 0.4) is 0 Å². The van der Waals surface area contributed by atoms with Crippen molar-refractivity contribution in [2.75, 3.05) is 0 Å². The molecule has 0 amide bonds. The summed E-state index contributed by atoms with van der Waals surface area (Å²) in [7, 11) is 0. The maximum absolute atomic E-state index is 12.6. The zero-order chi connectivity index (χ0) is 14.1. The molecule has 1 saturated carbocycles. The Kier molecular flexibility index (Phi) is 4.45. The minimum Gasteiger partial charge on any atom is -0.390 e. The molecule has 1 aromatic rings. The quantitative estimate of drug-likeness (QED) is 0.754. The number of aliphatic hydroxyl groups is 1. The fraction of sp³-hybridized carbons (Fsp3) is 0.571. The lowest BCUT2D eigenvalue weighted by Gasteiger charge is -2.36. The van der Waals surface area contributed by atoms with Gasteiger partial charge in [-0.15, -0.1) is 0 Å². The second-order valence-electron chi connectivity index (χ2n) is 5.34. The first-order valence-electron chi connectivity index (χ1n) is 6.32. The van der Waals surface area contributed by atoms with Crippen molar-refractivity contribution in [3.63, 3.8) is 0 Å². The third-order valence-electron chi connectivity index (χ3n) is 3.83. The molecule has 106 valence electrons. The summed E-state index contributed by atoms with van der Waals surface area (Å²) in [6.45, 7) is 0. The van der Waals surface area contributed by atoms with Crippen molar-refractivity contribution in [2.24, 2.45) is 5.92 Å². The van der Waals surface area contributed by atoms with Crippen molar-refractivity contribution in [2.45, 2.75) is 43.9 Å². The summed E-state index contributed by atoms with van der Waals surface area (Å²) in [4.78, 5) is 0. The first-order chi connectivity index (χ1) is 8.78. The average Bonchev–Trinajstić information content (AvgIpc) is 2.31. The summed E-state index contributed by atoms with van der Waals surface area (Å²) in [5.41, 5.74) is 0.00234. The molecule has 0 radical (unpaired) electrons. The van der Waals surface area contributed by atoms with Crippen LogP contribution in [0.25, 0.3) is 0 Å². The van der Waals surface area contributed by atoms with E-state index in [0.717, 1.165) is 9.13 Å². The molecule has 0 aliphatic heterocycles. The molecule has 19 heavy (non-hydrogen) atoms. The van der Waals surface area contributed by atoms with Gasteiger partial charge in [-0.3, -0.25) is 0 Å². The lowest BCUT2D eigenvalue weighted by atomic mass is 9.75. The highest BCUT2D eigenvalue weighted by atomic mass is 127. The smallest absolute Gasteiger partial charge is 0.390 e. The molecule has 0 unspecified atom stereocenters. The fourth-order valence-electron chi connectivity index (χ4n) is 2.64.